The fourth-order valence-electron chi connectivity index (χ4n) is 1.16. The van der Waals surface area contributed by atoms with Crippen molar-refractivity contribution in [3.05, 3.63) is 0 Å². The quantitative estimate of drug-likeness (QED) is 0.660. The highest BCUT2D eigenvalue weighted by molar-refractivity contribution is 7.90. The summed E-state index contributed by atoms with van der Waals surface area (Å²) in [5.74, 6) is 0.411. The zero-order valence-electron chi connectivity index (χ0n) is 8.54. The first-order chi connectivity index (χ1) is 5.87. The molecule has 0 aromatic carbocycles. The van der Waals surface area contributed by atoms with E-state index in [9.17, 15) is 13.2 Å². The topological polar surface area (TPSA) is 51.2 Å². The van der Waals surface area contributed by atoms with Crippen molar-refractivity contribution in [2.24, 2.45) is 5.92 Å². The third kappa shape index (κ3) is 6.75. The summed E-state index contributed by atoms with van der Waals surface area (Å²) in [5.41, 5.74) is 0. The number of hydrogen-bond donors (Lipinski definition) is 0. The van der Waals surface area contributed by atoms with Crippen molar-refractivity contribution < 1.29 is 13.2 Å². The van der Waals surface area contributed by atoms with Crippen LogP contribution in [0.4, 0.5) is 0 Å². The maximum Gasteiger partial charge on any atom is 0.147 e. The van der Waals surface area contributed by atoms with Crippen LogP contribution in [-0.4, -0.2) is 26.2 Å². The first kappa shape index (κ1) is 12.6. The first-order valence-corrected chi connectivity index (χ1v) is 6.63. The Hall–Kier alpha value is -0.380. The van der Waals surface area contributed by atoms with Crippen LogP contribution in [0.25, 0.3) is 0 Å². The molecule has 0 spiro atoms. The van der Waals surface area contributed by atoms with Crippen LogP contribution in [0.3, 0.4) is 0 Å². The van der Waals surface area contributed by atoms with Gasteiger partial charge in [0.05, 0.1) is 0 Å². The van der Waals surface area contributed by atoms with Gasteiger partial charge in [-0.25, -0.2) is 8.42 Å². The second kappa shape index (κ2) is 5.37. The lowest BCUT2D eigenvalue weighted by Crippen LogP contribution is -2.11. The van der Waals surface area contributed by atoms with Gasteiger partial charge in [0, 0.05) is 24.3 Å². The van der Waals surface area contributed by atoms with Crippen molar-refractivity contribution >= 4 is 15.6 Å². The van der Waals surface area contributed by atoms with Crippen molar-refractivity contribution in [2.75, 3.05) is 12.0 Å². The van der Waals surface area contributed by atoms with Crippen LogP contribution in [0.2, 0.25) is 0 Å². The van der Waals surface area contributed by atoms with Gasteiger partial charge in [-0.1, -0.05) is 13.8 Å². The molecule has 3 nitrogen and oxygen atoms in total. The van der Waals surface area contributed by atoms with Gasteiger partial charge in [-0.05, 0) is 12.8 Å². The van der Waals surface area contributed by atoms with Crippen molar-refractivity contribution in [2.45, 2.75) is 33.1 Å². The van der Waals surface area contributed by atoms with Gasteiger partial charge in [0.25, 0.3) is 0 Å². The fraction of sp³-hybridized carbons (Fsp3) is 0.889. The number of rotatable bonds is 6. The van der Waals surface area contributed by atoms with Gasteiger partial charge in [0.2, 0.25) is 0 Å². The first-order valence-electron chi connectivity index (χ1n) is 4.57. The Morgan fingerprint density at radius 1 is 1.38 bits per heavy atom. The Bertz CT molecular complexity index is 254. The highest BCUT2D eigenvalue weighted by Crippen LogP contribution is 2.09. The highest BCUT2D eigenvalue weighted by Gasteiger charge is 2.11. The minimum Gasteiger partial charge on any atom is -0.299 e. The molecule has 0 rings (SSSR count). The van der Waals surface area contributed by atoms with E-state index in [1.54, 1.807) is 0 Å². The molecular formula is C9H18O3S. The summed E-state index contributed by atoms with van der Waals surface area (Å²) in [4.78, 5) is 11.1. The van der Waals surface area contributed by atoms with E-state index in [2.05, 4.69) is 0 Å². The van der Waals surface area contributed by atoms with Crippen molar-refractivity contribution in [1.29, 1.82) is 0 Å². The maximum atomic E-state index is 11.1. The summed E-state index contributed by atoms with van der Waals surface area (Å²) in [7, 11) is -2.86. The molecule has 0 aliphatic carbocycles. The van der Waals surface area contributed by atoms with Crippen molar-refractivity contribution in [3.63, 3.8) is 0 Å². The molecule has 0 radical (unpaired) electrons. The van der Waals surface area contributed by atoms with Gasteiger partial charge < -0.3 is 0 Å². The highest BCUT2D eigenvalue weighted by atomic mass is 32.2. The number of carbonyl (C=O) groups is 1. The van der Waals surface area contributed by atoms with Gasteiger partial charge >= 0.3 is 0 Å². The van der Waals surface area contributed by atoms with E-state index in [-0.39, 0.29) is 17.5 Å². The van der Waals surface area contributed by atoms with Gasteiger partial charge in [-0.3, -0.25) is 4.79 Å². The second-order valence-corrected chi connectivity index (χ2v) is 5.75. The zero-order chi connectivity index (χ0) is 10.5. The van der Waals surface area contributed by atoms with E-state index in [4.69, 9.17) is 0 Å². The average molecular weight is 206 g/mol. The van der Waals surface area contributed by atoms with Crippen LogP contribution in [0.5, 0.6) is 0 Å². The van der Waals surface area contributed by atoms with Gasteiger partial charge in [-0.2, -0.15) is 0 Å². The van der Waals surface area contributed by atoms with Crippen LogP contribution in [-0.2, 0) is 14.6 Å². The normalized spacial score (nSPS) is 14.1. The number of hydrogen-bond acceptors (Lipinski definition) is 3. The minimum atomic E-state index is -2.86. The molecule has 0 N–H and O–H groups in total. The van der Waals surface area contributed by atoms with E-state index in [1.807, 2.05) is 13.8 Å². The number of Topliss-reactive ketones (excluding diaryl/α,β-unsaturated/α-hetero) is 1. The monoisotopic (exact) mass is 206 g/mol. The van der Waals surface area contributed by atoms with E-state index in [1.165, 1.54) is 6.26 Å². The predicted molar refractivity (Wildman–Crippen MR) is 53.4 cm³/mol. The van der Waals surface area contributed by atoms with Crippen LogP contribution >= 0.6 is 0 Å². The van der Waals surface area contributed by atoms with E-state index < -0.39 is 9.84 Å². The summed E-state index contributed by atoms with van der Waals surface area (Å²) < 4.78 is 21.5. The Kier molecular flexibility index (Phi) is 5.21. The molecule has 0 aliphatic rings. The molecule has 0 aromatic rings. The molecule has 0 amide bonds. The van der Waals surface area contributed by atoms with Gasteiger partial charge in [-0.15, -0.1) is 0 Å². The Balaban J connectivity index is 3.72. The maximum absolute atomic E-state index is 11.1. The molecule has 0 bridgehead atoms. The standard InChI is InChI=1S/C9H18O3S/c1-4-9(10)8(2)6-5-7-13(3,11)12/h8H,4-7H2,1-3H3. The smallest absolute Gasteiger partial charge is 0.147 e. The van der Waals surface area contributed by atoms with E-state index in [0.717, 1.165) is 0 Å². The molecule has 1 atom stereocenters. The summed E-state index contributed by atoms with van der Waals surface area (Å²) in [5, 5.41) is 0. The lowest BCUT2D eigenvalue weighted by atomic mass is 9.99. The number of carbonyl (C=O) groups excluding carboxylic acids is 1. The zero-order valence-corrected chi connectivity index (χ0v) is 9.36. The van der Waals surface area contributed by atoms with E-state index >= 15 is 0 Å². The minimum absolute atomic E-state index is 0.00625. The summed E-state index contributed by atoms with van der Waals surface area (Å²) in [6, 6.07) is 0. The van der Waals surface area contributed by atoms with Gasteiger partial charge in [0.1, 0.15) is 15.6 Å². The van der Waals surface area contributed by atoms with Crippen LogP contribution in [0.15, 0.2) is 0 Å². The molecule has 0 aromatic heterocycles. The third-order valence-electron chi connectivity index (χ3n) is 2.05. The molecular weight excluding hydrogens is 188 g/mol. The Labute approximate surface area is 80.4 Å². The lowest BCUT2D eigenvalue weighted by molar-refractivity contribution is -0.122. The SMILES string of the molecule is CCC(=O)C(C)CCCS(C)(=O)=O. The second-order valence-electron chi connectivity index (χ2n) is 3.49. The molecule has 0 saturated heterocycles. The van der Waals surface area contributed by atoms with Crippen molar-refractivity contribution in [1.82, 2.24) is 0 Å². The molecule has 13 heavy (non-hydrogen) atoms. The number of ketones is 1. The summed E-state index contributed by atoms with van der Waals surface area (Å²) in [6.07, 6.45) is 3.03. The largest absolute Gasteiger partial charge is 0.299 e. The number of sulfone groups is 1. The molecule has 0 fully saturated rings. The summed E-state index contributed by atoms with van der Waals surface area (Å²) >= 11 is 0. The third-order valence-corrected chi connectivity index (χ3v) is 3.08. The van der Waals surface area contributed by atoms with Crippen LogP contribution in [0, 0.1) is 5.92 Å². The average Bonchev–Trinajstić information content (AvgIpc) is 2.00. The Morgan fingerprint density at radius 2 is 1.92 bits per heavy atom. The van der Waals surface area contributed by atoms with Gasteiger partial charge in [0.15, 0.2) is 0 Å². The molecule has 1 unspecified atom stereocenters. The van der Waals surface area contributed by atoms with Crippen LogP contribution in [0.1, 0.15) is 33.1 Å². The van der Waals surface area contributed by atoms with Crippen molar-refractivity contribution in [3.8, 4) is 0 Å². The van der Waals surface area contributed by atoms with E-state index in [0.29, 0.717) is 19.3 Å². The molecule has 0 saturated carbocycles. The molecule has 0 aliphatic heterocycles. The fourth-order valence-corrected chi connectivity index (χ4v) is 1.85. The lowest BCUT2D eigenvalue weighted by Gasteiger charge is -2.07. The summed E-state index contributed by atoms with van der Waals surface area (Å²) in [6.45, 7) is 3.68. The Morgan fingerprint density at radius 3 is 2.31 bits per heavy atom. The molecule has 0 heterocycles. The van der Waals surface area contributed by atoms with Crippen LogP contribution < -0.4 is 0 Å². The molecule has 4 heteroatoms. The predicted octanol–water partition coefficient (Wildman–Crippen LogP) is 1.43. The molecule has 78 valence electrons.